The zero-order chi connectivity index (χ0) is 15.6. The van der Waals surface area contributed by atoms with Crippen LogP contribution in [0.15, 0.2) is 0 Å². The number of piperidine rings is 1. The average molecular weight is 291 g/mol. The van der Waals surface area contributed by atoms with Crippen molar-refractivity contribution in [2.75, 3.05) is 20.2 Å². The zero-order valence-electron chi connectivity index (χ0n) is 13.2. The van der Waals surface area contributed by atoms with Crippen molar-refractivity contribution in [1.82, 2.24) is 4.90 Å². The molecule has 0 radical (unpaired) electrons. The lowest BCUT2D eigenvalue weighted by Gasteiger charge is -2.46. The molecule has 0 aromatic heterocycles. The Labute approximate surface area is 121 Å². The minimum Gasteiger partial charge on any atom is -0.393 e. The lowest BCUT2D eigenvalue weighted by atomic mass is 9.73. The van der Waals surface area contributed by atoms with Gasteiger partial charge in [0.1, 0.15) is 0 Å². The third kappa shape index (κ3) is 4.13. The Morgan fingerprint density at radius 3 is 1.95 bits per heavy atom. The number of nitrogens with zero attached hydrogens (tertiary/aromatic N) is 1. The maximum Gasteiger partial charge on any atom is 0.216 e. The van der Waals surface area contributed by atoms with E-state index < -0.39 is 29.8 Å². The second-order valence-corrected chi connectivity index (χ2v) is 6.59. The van der Waals surface area contributed by atoms with Gasteiger partial charge in [0.25, 0.3) is 0 Å². The highest BCUT2D eigenvalue weighted by atomic mass is 16.6. The summed E-state index contributed by atoms with van der Waals surface area (Å²) in [6, 6.07) is 0. The molecule has 1 fully saturated rings. The van der Waals surface area contributed by atoms with E-state index in [-0.39, 0.29) is 0 Å². The predicted molar refractivity (Wildman–Crippen MR) is 74.8 cm³/mol. The molecule has 0 spiro atoms. The van der Waals surface area contributed by atoms with Gasteiger partial charge in [-0.05, 0) is 40.5 Å². The van der Waals surface area contributed by atoms with Gasteiger partial charge in [-0.2, -0.15) is 0 Å². The fourth-order valence-corrected chi connectivity index (χ4v) is 2.66. The molecule has 0 bridgehead atoms. The average Bonchev–Trinajstić information content (AvgIpc) is 2.35. The van der Waals surface area contributed by atoms with E-state index >= 15 is 0 Å². The fraction of sp³-hybridized carbons (Fsp3) is 1.00. The summed E-state index contributed by atoms with van der Waals surface area (Å²) in [6.45, 7) is 8.38. The van der Waals surface area contributed by atoms with Crippen LogP contribution in [0.5, 0.6) is 0 Å². The Balaban J connectivity index is 2.65. The molecular weight excluding hydrogens is 262 g/mol. The van der Waals surface area contributed by atoms with Crippen molar-refractivity contribution in [1.29, 1.82) is 0 Å². The predicted octanol–water partition coefficient (Wildman–Crippen LogP) is 0.505. The Morgan fingerprint density at radius 1 is 1.10 bits per heavy atom. The highest BCUT2D eigenvalue weighted by Crippen LogP contribution is 2.39. The SMILES string of the molecule is COC(O)C1(C(C)O)CCN(C(O)OC(C)(C)C)CC1. The highest BCUT2D eigenvalue weighted by Gasteiger charge is 2.46. The summed E-state index contributed by atoms with van der Waals surface area (Å²) in [4.78, 5) is 1.80. The zero-order valence-corrected chi connectivity index (χ0v) is 13.2. The van der Waals surface area contributed by atoms with Gasteiger partial charge in [0.05, 0.1) is 11.7 Å². The Morgan fingerprint density at radius 2 is 1.60 bits per heavy atom. The van der Waals surface area contributed by atoms with Crippen molar-refractivity contribution in [3.63, 3.8) is 0 Å². The van der Waals surface area contributed by atoms with Crippen LogP contribution in [0.2, 0.25) is 0 Å². The highest BCUT2D eigenvalue weighted by molar-refractivity contribution is 4.92. The number of rotatable bonds is 5. The number of likely N-dealkylation sites (tertiary alicyclic amines) is 1. The van der Waals surface area contributed by atoms with E-state index in [1.54, 1.807) is 11.8 Å². The normalized spacial score (nSPS) is 25.2. The van der Waals surface area contributed by atoms with Gasteiger partial charge in [-0.3, -0.25) is 4.90 Å². The van der Waals surface area contributed by atoms with E-state index in [2.05, 4.69) is 0 Å². The number of ether oxygens (including phenoxy) is 2. The third-order valence-electron chi connectivity index (χ3n) is 4.05. The molecule has 3 unspecified atom stereocenters. The molecule has 6 heteroatoms. The number of hydrogen-bond donors (Lipinski definition) is 3. The van der Waals surface area contributed by atoms with Gasteiger partial charge in [0, 0.05) is 25.6 Å². The lowest BCUT2D eigenvalue weighted by molar-refractivity contribution is -0.263. The molecule has 1 aliphatic rings. The molecule has 1 saturated heterocycles. The van der Waals surface area contributed by atoms with Crippen molar-refractivity contribution in [3.05, 3.63) is 0 Å². The molecule has 1 heterocycles. The number of methoxy groups -OCH3 is 1. The van der Waals surface area contributed by atoms with Gasteiger partial charge in [-0.15, -0.1) is 0 Å². The van der Waals surface area contributed by atoms with Crippen LogP contribution < -0.4 is 0 Å². The summed E-state index contributed by atoms with van der Waals surface area (Å²) >= 11 is 0. The lowest BCUT2D eigenvalue weighted by Crippen LogP contribution is -2.55. The maximum atomic E-state index is 10.1. The van der Waals surface area contributed by atoms with Gasteiger partial charge in [-0.25, -0.2) is 0 Å². The smallest absolute Gasteiger partial charge is 0.216 e. The summed E-state index contributed by atoms with van der Waals surface area (Å²) in [5.74, 6) is 0. The largest absolute Gasteiger partial charge is 0.393 e. The van der Waals surface area contributed by atoms with Crippen molar-refractivity contribution < 1.29 is 24.8 Å². The molecule has 0 aromatic carbocycles. The van der Waals surface area contributed by atoms with Crippen LogP contribution in [0.25, 0.3) is 0 Å². The number of aliphatic hydroxyl groups excluding tert-OH is 3. The molecule has 20 heavy (non-hydrogen) atoms. The van der Waals surface area contributed by atoms with Crippen molar-refractivity contribution in [3.8, 4) is 0 Å². The second kappa shape index (κ2) is 6.68. The molecule has 0 amide bonds. The van der Waals surface area contributed by atoms with Crippen LogP contribution in [-0.4, -0.2) is 64.8 Å². The Kier molecular flexibility index (Phi) is 5.95. The van der Waals surface area contributed by atoms with E-state index in [0.717, 1.165) is 0 Å². The quantitative estimate of drug-likeness (QED) is 0.640. The van der Waals surface area contributed by atoms with Crippen LogP contribution in [0.4, 0.5) is 0 Å². The van der Waals surface area contributed by atoms with Crippen LogP contribution >= 0.6 is 0 Å². The molecule has 3 N–H and O–H groups in total. The van der Waals surface area contributed by atoms with E-state index in [1.807, 2.05) is 20.8 Å². The summed E-state index contributed by atoms with van der Waals surface area (Å²) < 4.78 is 10.5. The van der Waals surface area contributed by atoms with Gasteiger partial charge in [0.2, 0.25) is 6.41 Å². The Bertz CT molecular complexity index is 294. The molecule has 3 atom stereocenters. The molecular formula is C14H29NO5. The monoisotopic (exact) mass is 291 g/mol. The van der Waals surface area contributed by atoms with Crippen molar-refractivity contribution >= 4 is 0 Å². The second-order valence-electron chi connectivity index (χ2n) is 6.59. The van der Waals surface area contributed by atoms with Crippen LogP contribution in [0, 0.1) is 5.41 Å². The van der Waals surface area contributed by atoms with E-state index in [1.165, 1.54) is 7.11 Å². The first-order valence-electron chi connectivity index (χ1n) is 7.11. The summed E-state index contributed by atoms with van der Waals surface area (Å²) in [5, 5.41) is 30.1. The van der Waals surface area contributed by atoms with Crippen molar-refractivity contribution in [2.24, 2.45) is 5.41 Å². The Hall–Kier alpha value is -0.240. The summed E-state index contributed by atoms with van der Waals surface area (Å²) in [5.41, 5.74) is -1.11. The molecule has 1 aliphatic heterocycles. The van der Waals surface area contributed by atoms with Crippen LogP contribution in [-0.2, 0) is 9.47 Å². The van der Waals surface area contributed by atoms with Crippen molar-refractivity contribution in [2.45, 2.75) is 64.9 Å². The first-order chi connectivity index (χ1) is 9.12. The fourth-order valence-electron chi connectivity index (χ4n) is 2.66. The van der Waals surface area contributed by atoms with E-state index in [0.29, 0.717) is 25.9 Å². The molecule has 0 saturated carbocycles. The molecule has 0 aliphatic carbocycles. The molecule has 0 aromatic rings. The van der Waals surface area contributed by atoms with E-state index in [9.17, 15) is 15.3 Å². The van der Waals surface area contributed by atoms with E-state index in [4.69, 9.17) is 9.47 Å². The topological polar surface area (TPSA) is 82.4 Å². The third-order valence-corrected chi connectivity index (χ3v) is 4.05. The molecule has 6 nitrogen and oxygen atoms in total. The summed E-state index contributed by atoms with van der Waals surface area (Å²) in [6.07, 6.45) is -1.60. The van der Waals surface area contributed by atoms with Gasteiger partial charge in [0.15, 0.2) is 6.29 Å². The molecule has 1 rings (SSSR count). The minimum atomic E-state index is -1.01. The van der Waals surface area contributed by atoms with Crippen LogP contribution in [0.1, 0.15) is 40.5 Å². The number of hydrogen-bond acceptors (Lipinski definition) is 6. The van der Waals surface area contributed by atoms with Crippen LogP contribution in [0.3, 0.4) is 0 Å². The van der Waals surface area contributed by atoms with Gasteiger partial charge >= 0.3 is 0 Å². The minimum absolute atomic E-state index is 0.426. The number of aliphatic hydroxyl groups is 3. The van der Waals surface area contributed by atoms with Gasteiger partial charge < -0.3 is 24.8 Å². The molecule has 120 valence electrons. The van der Waals surface area contributed by atoms with Gasteiger partial charge in [-0.1, -0.05) is 0 Å². The first-order valence-corrected chi connectivity index (χ1v) is 7.11. The first kappa shape index (κ1) is 17.8. The standard InChI is InChI=1S/C14H29NO5/c1-10(16)14(11(17)19-5)6-8-15(9-7-14)12(18)20-13(2,3)4/h10-12,16-18H,6-9H2,1-5H3. The summed E-state index contributed by atoms with van der Waals surface area (Å²) in [7, 11) is 1.43. The maximum absolute atomic E-state index is 10.1.